The smallest absolute Gasteiger partial charge is 0.161 e. The normalized spacial score (nSPS) is 10.0. The summed E-state index contributed by atoms with van der Waals surface area (Å²) in [7, 11) is 3.24. The van der Waals surface area contributed by atoms with Crippen LogP contribution in [0.5, 0.6) is 11.5 Å². The van der Waals surface area contributed by atoms with Gasteiger partial charge in [-0.2, -0.15) is 0 Å². The summed E-state index contributed by atoms with van der Waals surface area (Å²) < 4.78 is 10.5. The van der Waals surface area contributed by atoms with Crippen LogP contribution in [-0.2, 0) is 6.54 Å². The van der Waals surface area contributed by atoms with Crippen LogP contribution in [0.25, 0.3) is 0 Å². The number of methoxy groups -OCH3 is 2. The van der Waals surface area contributed by atoms with Crippen LogP contribution < -0.4 is 20.5 Å². The SMILES string of the molecule is COc1ccc(CNc2ccnc(N)c2)cc1OC. The molecule has 0 bridgehead atoms. The summed E-state index contributed by atoms with van der Waals surface area (Å²) in [4.78, 5) is 3.95. The molecule has 0 fully saturated rings. The molecule has 1 aromatic carbocycles. The van der Waals surface area contributed by atoms with Crippen LogP contribution in [0.1, 0.15) is 5.56 Å². The molecular formula is C14H17N3O2. The van der Waals surface area contributed by atoms with E-state index in [1.165, 1.54) is 0 Å². The monoisotopic (exact) mass is 259 g/mol. The van der Waals surface area contributed by atoms with Crippen LogP contribution in [0.2, 0.25) is 0 Å². The Morgan fingerprint density at radius 3 is 2.58 bits per heavy atom. The number of aromatic nitrogens is 1. The zero-order chi connectivity index (χ0) is 13.7. The molecular weight excluding hydrogens is 242 g/mol. The van der Waals surface area contributed by atoms with E-state index in [0.29, 0.717) is 12.4 Å². The predicted octanol–water partition coefficient (Wildman–Crippen LogP) is 2.29. The molecule has 0 unspecified atom stereocenters. The molecule has 2 aromatic rings. The molecule has 0 saturated carbocycles. The van der Waals surface area contributed by atoms with Gasteiger partial charge in [0.15, 0.2) is 11.5 Å². The van der Waals surface area contributed by atoms with Crippen molar-refractivity contribution in [1.29, 1.82) is 0 Å². The number of nitrogen functional groups attached to an aromatic ring is 1. The second kappa shape index (κ2) is 5.95. The number of nitrogens with zero attached hydrogens (tertiary/aromatic N) is 1. The highest BCUT2D eigenvalue weighted by Gasteiger charge is 2.04. The van der Waals surface area contributed by atoms with Crippen LogP contribution in [0.4, 0.5) is 11.5 Å². The minimum absolute atomic E-state index is 0.498. The second-order valence-corrected chi connectivity index (χ2v) is 4.01. The number of anilines is 2. The first kappa shape index (κ1) is 13.0. The van der Waals surface area contributed by atoms with Gasteiger partial charge in [0.25, 0.3) is 0 Å². The van der Waals surface area contributed by atoms with Gasteiger partial charge in [0.1, 0.15) is 5.82 Å². The van der Waals surface area contributed by atoms with Crippen molar-refractivity contribution < 1.29 is 9.47 Å². The average Bonchev–Trinajstić information content (AvgIpc) is 2.45. The fourth-order valence-corrected chi connectivity index (χ4v) is 1.75. The van der Waals surface area contributed by atoms with Gasteiger partial charge in [-0.3, -0.25) is 0 Å². The molecule has 0 atom stereocenters. The van der Waals surface area contributed by atoms with E-state index in [0.717, 1.165) is 22.7 Å². The quantitative estimate of drug-likeness (QED) is 0.862. The number of pyridine rings is 1. The summed E-state index contributed by atoms with van der Waals surface area (Å²) in [5.41, 5.74) is 7.65. The minimum Gasteiger partial charge on any atom is -0.493 e. The van der Waals surface area contributed by atoms with E-state index in [1.54, 1.807) is 26.5 Å². The Morgan fingerprint density at radius 2 is 1.89 bits per heavy atom. The number of nitrogens with two attached hydrogens (primary N) is 1. The van der Waals surface area contributed by atoms with E-state index in [2.05, 4.69) is 10.3 Å². The van der Waals surface area contributed by atoms with Crippen LogP contribution in [0, 0.1) is 0 Å². The number of rotatable bonds is 5. The Bertz CT molecular complexity index is 558. The van der Waals surface area contributed by atoms with Gasteiger partial charge in [-0.05, 0) is 23.8 Å². The van der Waals surface area contributed by atoms with Crippen molar-refractivity contribution >= 4 is 11.5 Å². The third kappa shape index (κ3) is 3.28. The molecule has 3 N–H and O–H groups in total. The highest BCUT2D eigenvalue weighted by Crippen LogP contribution is 2.27. The van der Waals surface area contributed by atoms with Gasteiger partial charge in [0.05, 0.1) is 14.2 Å². The zero-order valence-electron chi connectivity index (χ0n) is 11.0. The van der Waals surface area contributed by atoms with Gasteiger partial charge in [-0.25, -0.2) is 4.98 Å². The summed E-state index contributed by atoms with van der Waals surface area (Å²) in [6.07, 6.45) is 1.67. The molecule has 0 aliphatic rings. The maximum absolute atomic E-state index is 5.62. The van der Waals surface area contributed by atoms with Crippen molar-refractivity contribution in [1.82, 2.24) is 4.98 Å². The number of hydrogen-bond acceptors (Lipinski definition) is 5. The molecule has 0 amide bonds. The zero-order valence-corrected chi connectivity index (χ0v) is 11.0. The predicted molar refractivity (Wildman–Crippen MR) is 75.5 cm³/mol. The maximum Gasteiger partial charge on any atom is 0.161 e. The highest BCUT2D eigenvalue weighted by atomic mass is 16.5. The number of nitrogens with one attached hydrogen (secondary N) is 1. The summed E-state index contributed by atoms with van der Waals surface area (Å²) in [6.45, 7) is 0.670. The molecule has 2 rings (SSSR count). The Kier molecular flexibility index (Phi) is 4.07. The molecule has 5 nitrogen and oxygen atoms in total. The lowest BCUT2D eigenvalue weighted by molar-refractivity contribution is 0.354. The minimum atomic E-state index is 0.498. The Hall–Kier alpha value is -2.43. The first-order chi connectivity index (χ1) is 9.22. The summed E-state index contributed by atoms with van der Waals surface area (Å²) in [5, 5.41) is 3.27. The lowest BCUT2D eigenvalue weighted by Crippen LogP contribution is -2.01. The van der Waals surface area contributed by atoms with E-state index in [9.17, 15) is 0 Å². The lowest BCUT2D eigenvalue weighted by Gasteiger charge is -2.11. The lowest BCUT2D eigenvalue weighted by atomic mass is 10.2. The van der Waals surface area contributed by atoms with Crippen LogP contribution >= 0.6 is 0 Å². The van der Waals surface area contributed by atoms with Crippen molar-refractivity contribution in [3.8, 4) is 11.5 Å². The number of hydrogen-bond donors (Lipinski definition) is 2. The van der Waals surface area contributed by atoms with Crippen molar-refractivity contribution in [3.63, 3.8) is 0 Å². The molecule has 1 aromatic heterocycles. The Labute approximate surface area is 112 Å². The summed E-state index contributed by atoms with van der Waals surface area (Å²) in [6, 6.07) is 9.48. The standard InChI is InChI=1S/C14H17N3O2/c1-18-12-4-3-10(7-13(12)19-2)9-17-11-5-6-16-14(15)8-11/h3-8H,9H2,1-2H3,(H3,15,16,17). The van der Waals surface area contributed by atoms with Gasteiger partial charge < -0.3 is 20.5 Å². The van der Waals surface area contributed by atoms with E-state index in [4.69, 9.17) is 15.2 Å². The second-order valence-electron chi connectivity index (χ2n) is 4.01. The molecule has 0 aliphatic heterocycles. The largest absolute Gasteiger partial charge is 0.493 e. The molecule has 5 heteroatoms. The van der Waals surface area contributed by atoms with Gasteiger partial charge in [0, 0.05) is 24.5 Å². The van der Waals surface area contributed by atoms with Crippen molar-refractivity contribution in [3.05, 3.63) is 42.1 Å². The fourth-order valence-electron chi connectivity index (χ4n) is 1.75. The van der Waals surface area contributed by atoms with Gasteiger partial charge in [-0.15, -0.1) is 0 Å². The highest BCUT2D eigenvalue weighted by molar-refractivity contribution is 5.50. The van der Waals surface area contributed by atoms with Crippen molar-refractivity contribution in [2.45, 2.75) is 6.54 Å². The third-order valence-electron chi connectivity index (χ3n) is 2.73. The Morgan fingerprint density at radius 1 is 1.11 bits per heavy atom. The van der Waals surface area contributed by atoms with Crippen molar-refractivity contribution in [2.24, 2.45) is 0 Å². The molecule has 0 saturated heterocycles. The van der Waals surface area contributed by atoms with E-state index < -0.39 is 0 Å². The first-order valence-electron chi connectivity index (χ1n) is 5.89. The molecule has 0 spiro atoms. The Balaban J connectivity index is 2.07. The molecule has 19 heavy (non-hydrogen) atoms. The number of benzene rings is 1. The van der Waals surface area contributed by atoms with Gasteiger partial charge in [-0.1, -0.05) is 6.07 Å². The summed E-state index contributed by atoms with van der Waals surface area (Å²) >= 11 is 0. The van der Waals surface area contributed by atoms with Gasteiger partial charge >= 0.3 is 0 Å². The van der Waals surface area contributed by atoms with Crippen LogP contribution in [0.15, 0.2) is 36.5 Å². The topological polar surface area (TPSA) is 69.4 Å². The summed E-state index contributed by atoms with van der Waals surface area (Å²) in [5.74, 6) is 1.94. The van der Waals surface area contributed by atoms with E-state index in [-0.39, 0.29) is 0 Å². The van der Waals surface area contributed by atoms with Crippen molar-refractivity contribution in [2.75, 3.05) is 25.3 Å². The van der Waals surface area contributed by atoms with E-state index in [1.807, 2.05) is 24.3 Å². The van der Waals surface area contributed by atoms with Crippen LogP contribution in [-0.4, -0.2) is 19.2 Å². The first-order valence-corrected chi connectivity index (χ1v) is 5.89. The molecule has 100 valence electrons. The fraction of sp³-hybridized carbons (Fsp3) is 0.214. The molecule has 0 aliphatic carbocycles. The average molecular weight is 259 g/mol. The van der Waals surface area contributed by atoms with E-state index >= 15 is 0 Å². The maximum atomic E-state index is 5.62. The molecule has 1 heterocycles. The van der Waals surface area contributed by atoms with Gasteiger partial charge in [0.2, 0.25) is 0 Å². The molecule has 0 radical (unpaired) electrons. The number of ether oxygens (including phenoxy) is 2. The third-order valence-corrected chi connectivity index (χ3v) is 2.73. The van der Waals surface area contributed by atoms with Crippen LogP contribution in [0.3, 0.4) is 0 Å².